The van der Waals surface area contributed by atoms with Gasteiger partial charge in [-0.05, 0) is 48.5 Å². The predicted molar refractivity (Wildman–Crippen MR) is 98.3 cm³/mol. The maximum absolute atomic E-state index is 13.1. The normalized spacial score (nSPS) is 11.7. The molecule has 0 aliphatic rings. The van der Waals surface area contributed by atoms with Crippen LogP contribution in [-0.2, 0) is 11.0 Å². The Morgan fingerprint density at radius 3 is 2.41 bits per heavy atom. The molecule has 0 radical (unpaired) electrons. The summed E-state index contributed by atoms with van der Waals surface area (Å²) in [5.41, 5.74) is -0.279. The van der Waals surface area contributed by atoms with E-state index in [1.54, 1.807) is 24.3 Å². The number of rotatable bonds is 4. The SMILES string of the molecule is O=C(/C=C/c1ccc(-c2ccccc2C(F)(F)F)o1)Nc1ccc(Cl)cc1. The van der Waals surface area contributed by atoms with Crippen molar-refractivity contribution in [2.24, 2.45) is 0 Å². The van der Waals surface area contributed by atoms with Crippen molar-refractivity contribution in [2.75, 3.05) is 5.32 Å². The van der Waals surface area contributed by atoms with Gasteiger partial charge in [0.15, 0.2) is 0 Å². The van der Waals surface area contributed by atoms with Gasteiger partial charge in [0.25, 0.3) is 0 Å². The Bertz CT molecular complexity index is 975. The number of hydrogen-bond acceptors (Lipinski definition) is 2. The third kappa shape index (κ3) is 4.80. The molecule has 0 aliphatic carbocycles. The van der Waals surface area contributed by atoms with Gasteiger partial charge in [-0.3, -0.25) is 4.79 Å². The molecule has 3 nitrogen and oxygen atoms in total. The van der Waals surface area contributed by atoms with Gasteiger partial charge in [-0.25, -0.2) is 0 Å². The lowest BCUT2D eigenvalue weighted by atomic mass is 10.1. The van der Waals surface area contributed by atoms with Crippen LogP contribution >= 0.6 is 11.6 Å². The van der Waals surface area contributed by atoms with Crippen LogP contribution in [0.25, 0.3) is 17.4 Å². The molecule has 0 fully saturated rings. The number of benzene rings is 2. The zero-order chi connectivity index (χ0) is 19.4. The Morgan fingerprint density at radius 1 is 1.00 bits per heavy atom. The summed E-state index contributed by atoms with van der Waals surface area (Å²) in [6.45, 7) is 0. The fourth-order valence-corrected chi connectivity index (χ4v) is 2.53. The van der Waals surface area contributed by atoms with Crippen molar-refractivity contribution in [3.8, 4) is 11.3 Å². The highest BCUT2D eigenvalue weighted by molar-refractivity contribution is 6.30. The summed E-state index contributed by atoms with van der Waals surface area (Å²) in [5, 5.41) is 3.18. The Balaban J connectivity index is 1.74. The van der Waals surface area contributed by atoms with Crippen LogP contribution in [0.5, 0.6) is 0 Å². The van der Waals surface area contributed by atoms with E-state index in [0.717, 1.165) is 6.07 Å². The number of halogens is 4. The van der Waals surface area contributed by atoms with Gasteiger partial charge in [0.1, 0.15) is 11.5 Å². The molecule has 1 aromatic heterocycles. The first-order chi connectivity index (χ1) is 12.8. The number of furan rings is 1. The summed E-state index contributed by atoms with van der Waals surface area (Å²) in [7, 11) is 0. The minimum absolute atomic E-state index is 0.0599. The molecule has 3 aromatic rings. The Hall–Kier alpha value is -2.99. The first-order valence-corrected chi connectivity index (χ1v) is 8.22. The number of alkyl halides is 3. The molecule has 3 rings (SSSR count). The number of nitrogens with one attached hydrogen (secondary N) is 1. The van der Waals surface area contributed by atoms with E-state index in [0.29, 0.717) is 10.7 Å². The molecule has 0 aliphatic heterocycles. The first-order valence-electron chi connectivity index (χ1n) is 7.84. The van der Waals surface area contributed by atoms with E-state index in [9.17, 15) is 18.0 Å². The predicted octanol–water partition coefficient (Wildman–Crippen LogP) is 6.27. The highest BCUT2D eigenvalue weighted by Crippen LogP contribution is 2.37. The number of carbonyl (C=O) groups is 1. The van der Waals surface area contributed by atoms with Gasteiger partial charge in [0.05, 0.1) is 5.56 Å². The van der Waals surface area contributed by atoms with E-state index < -0.39 is 17.6 Å². The molecule has 1 amide bonds. The van der Waals surface area contributed by atoms with Gasteiger partial charge in [-0.2, -0.15) is 13.2 Å². The number of carbonyl (C=O) groups excluding carboxylic acids is 1. The number of anilines is 1. The van der Waals surface area contributed by atoms with Gasteiger partial charge in [-0.1, -0.05) is 29.8 Å². The van der Waals surface area contributed by atoms with Crippen LogP contribution in [0.3, 0.4) is 0 Å². The summed E-state index contributed by atoms with van der Waals surface area (Å²) in [6.07, 6.45) is -1.88. The molecule has 2 aromatic carbocycles. The highest BCUT2D eigenvalue weighted by Gasteiger charge is 2.34. The van der Waals surface area contributed by atoms with Crippen LogP contribution < -0.4 is 5.32 Å². The van der Waals surface area contributed by atoms with Crippen molar-refractivity contribution in [3.63, 3.8) is 0 Å². The molecular weight excluding hydrogens is 379 g/mol. The summed E-state index contributed by atoms with van der Waals surface area (Å²) in [4.78, 5) is 11.9. The Kier molecular flexibility index (Phi) is 5.37. The average Bonchev–Trinajstić information content (AvgIpc) is 3.10. The van der Waals surface area contributed by atoms with Crippen LogP contribution in [0.1, 0.15) is 11.3 Å². The summed E-state index contributed by atoms with van der Waals surface area (Å²) in [6, 6.07) is 14.6. The zero-order valence-corrected chi connectivity index (χ0v) is 14.5. The molecule has 0 bridgehead atoms. The number of amides is 1. The fraction of sp³-hybridized carbons (Fsp3) is 0.0500. The Labute approximate surface area is 158 Å². The first kappa shape index (κ1) is 18.8. The second kappa shape index (κ2) is 7.72. The van der Waals surface area contributed by atoms with Crippen LogP contribution in [0.15, 0.2) is 71.2 Å². The quantitative estimate of drug-likeness (QED) is 0.532. The van der Waals surface area contributed by atoms with Crippen LogP contribution in [0.4, 0.5) is 18.9 Å². The van der Waals surface area contributed by atoms with Crippen molar-refractivity contribution in [2.45, 2.75) is 6.18 Å². The van der Waals surface area contributed by atoms with E-state index in [4.69, 9.17) is 16.0 Å². The molecule has 7 heteroatoms. The molecule has 1 heterocycles. The minimum Gasteiger partial charge on any atom is -0.457 e. The Morgan fingerprint density at radius 2 is 1.70 bits per heavy atom. The third-order valence-electron chi connectivity index (χ3n) is 3.64. The van der Waals surface area contributed by atoms with Crippen LogP contribution in [0, 0.1) is 0 Å². The van der Waals surface area contributed by atoms with Gasteiger partial charge >= 0.3 is 6.18 Å². The van der Waals surface area contributed by atoms with Crippen molar-refractivity contribution in [3.05, 3.63) is 83.1 Å². The van der Waals surface area contributed by atoms with E-state index in [-0.39, 0.29) is 17.1 Å². The highest BCUT2D eigenvalue weighted by atomic mass is 35.5. The lowest BCUT2D eigenvalue weighted by molar-refractivity contribution is -0.137. The molecule has 0 atom stereocenters. The largest absolute Gasteiger partial charge is 0.457 e. The maximum atomic E-state index is 13.1. The summed E-state index contributed by atoms with van der Waals surface area (Å²) in [5.74, 6) is -0.0834. The minimum atomic E-state index is -4.49. The van der Waals surface area contributed by atoms with Crippen LogP contribution in [0.2, 0.25) is 5.02 Å². The molecular formula is C20H13ClF3NO2. The fourth-order valence-electron chi connectivity index (χ4n) is 2.41. The topological polar surface area (TPSA) is 42.2 Å². The van der Waals surface area contributed by atoms with Crippen molar-refractivity contribution in [1.29, 1.82) is 0 Å². The standard InChI is InChI=1S/C20H13ClF3NO2/c21-13-5-7-14(8-6-13)25-19(26)12-10-15-9-11-18(27-15)16-3-1-2-4-17(16)20(22,23)24/h1-12H,(H,25,26)/b12-10+. The third-order valence-corrected chi connectivity index (χ3v) is 3.89. The smallest absolute Gasteiger partial charge is 0.417 e. The van der Waals surface area contributed by atoms with E-state index in [1.807, 2.05) is 0 Å². The zero-order valence-electron chi connectivity index (χ0n) is 13.8. The van der Waals surface area contributed by atoms with Crippen molar-refractivity contribution >= 4 is 29.3 Å². The maximum Gasteiger partial charge on any atom is 0.417 e. The van der Waals surface area contributed by atoms with Gasteiger partial charge < -0.3 is 9.73 Å². The molecule has 138 valence electrons. The summed E-state index contributed by atoms with van der Waals surface area (Å²) >= 11 is 5.77. The monoisotopic (exact) mass is 391 g/mol. The van der Waals surface area contributed by atoms with Crippen molar-refractivity contribution in [1.82, 2.24) is 0 Å². The average molecular weight is 392 g/mol. The van der Waals surface area contributed by atoms with E-state index in [1.165, 1.54) is 42.5 Å². The molecule has 1 N–H and O–H groups in total. The molecule has 0 saturated heterocycles. The molecule has 0 saturated carbocycles. The second-order valence-corrected chi connectivity index (χ2v) is 6.01. The van der Waals surface area contributed by atoms with Gasteiger partial charge in [0.2, 0.25) is 5.91 Å². The lowest BCUT2D eigenvalue weighted by Crippen LogP contribution is -2.07. The van der Waals surface area contributed by atoms with Gasteiger partial charge in [0, 0.05) is 22.3 Å². The van der Waals surface area contributed by atoms with E-state index >= 15 is 0 Å². The molecule has 27 heavy (non-hydrogen) atoms. The van der Waals surface area contributed by atoms with Crippen molar-refractivity contribution < 1.29 is 22.4 Å². The molecule has 0 spiro atoms. The second-order valence-electron chi connectivity index (χ2n) is 5.57. The van der Waals surface area contributed by atoms with Gasteiger partial charge in [-0.15, -0.1) is 0 Å². The number of hydrogen-bond donors (Lipinski definition) is 1. The summed E-state index contributed by atoms with van der Waals surface area (Å²) < 4.78 is 44.8. The molecule has 0 unspecified atom stereocenters. The van der Waals surface area contributed by atoms with E-state index in [2.05, 4.69) is 5.32 Å². The van der Waals surface area contributed by atoms with Crippen LogP contribution in [-0.4, -0.2) is 5.91 Å². The lowest BCUT2D eigenvalue weighted by Gasteiger charge is -2.10.